The van der Waals surface area contributed by atoms with Gasteiger partial charge in [0.25, 0.3) is 0 Å². The van der Waals surface area contributed by atoms with E-state index >= 15 is 0 Å². The molecule has 1 aliphatic carbocycles. The van der Waals surface area contributed by atoms with Gasteiger partial charge in [-0.2, -0.15) is 0 Å². The number of furan rings is 1. The first-order chi connectivity index (χ1) is 25.8. The van der Waals surface area contributed by atoms with E-state index in [9.17, 15) is 0 Å². The fourth-order valence-electron chi connectivity index (χ4n) is 7.61. The smallest absolute Gasteiger partial charge is 0.164 e. The number of ether oxygens (including phenoxy) is 1. The van der Waals surface area contributed by atoms with Crippen LogP contribution in [0, 0.1) is 0 Å². The maximum atomic E-state index is 7.04. The van der Waals surface area contributed by atoms with Crippen LogP contribution in [-0.2, 0) is 0 Å². The number of hydrogen-bond acceptors (Lipinski definition) is 6. The Hall–Kier alpha value is -6.44. The highest BCUT2D eigenvalue weighted by molar-refractivity contribution is 7.99. The highest BCUT2D eigenvalue weighted by atomic mass is 32.2. The van der Waals surface area contributed by atoms with E-state index in [-0.39, 0.29) is 0 Å². The third-order valence-corrected chi connectivity index (χ3v) is 11.1. The van der Waals surface area contributed by atoms with E-state index in [0.29, 0.717) is 17.5 Å². The van der Waals surface area contributed by atoms with Gasteiger partial charge < -0.3 is 13.7 Å². The van der Waals surface area contributed by atoms with Gasteiger partial charge in [-0.25, -0.2) is 15.0 Å². The number of para-hydroxylation sites is 3. The van der Waals surface area contributed by atoms with Crippen LogP contribution in [0.1, 0.15) is 18.7 Å². The van der Waals surface area contributed by atoms with Crippen LogP contribution in [0.4, 0.5) is 0 Å². The maximum absolute atomic E-state index is 7.04. The Morgan fingerprint density at radius 1 is 0.558 bits per heavy atom. The largest absolute Gasteiger partial charge is 0.455 e. The van der Waals surface area contributed by atoms with Gasteiger partial charge in [-0.1, -0.05) is 121 Å². The summed E-state index contributed by atoms with van der Waals surface area (Å²) in [5, 5.41) is 4.45. The molecule has 0 saturated heterocycles. The molecule has 52 heavy (non-hydrogen) atoms. The van der Waals surface area contributed by atoms with Crippen LogP contribution < -0.4 is 15.4 Å². The van der Waals surface area contributed by atoms with Crippen molar-refractivity contribution in [3.8, 4) is 40.0 Å². The molecule has 0 saturated carbocycles. The van der Waals surface area contributed by atoms with Crippen molar-refractivity contribution in [1.29, 1.82) is 0 Å². The van der Waals surface area contributed by atoms with E-state index in [2.05, 4.69) is 77.4 Å². The van der Waals surface area contributed by atoms with Crippen LogP contribution >= 0.6 is 11.8 Å². The lowest BCUT2D eigenvalue weighted by atomic mass is 10.0. The van der Waals surface area contributed by atoms with Crippen molar-refractivity contribution >= 4 is 56.2 Å². The predicted octanol–water partition coefficient (Wildman–Crippen LogP) is 10.1. The zero-order valence-corrected chi connectivity index (χ0v) is 28.6. The summed E-state index contributed by atoms with van der Waals surface area (Å²) in [5.41, 5.74) is 7.71. The molecule has 0 bridgehead atoms. The van der Waals surface area contributed by atoms with Gasteiger partial charge in [0, 0.05) is 38.1 Å². The van der Waals surface area contributed by atoms with Gasteiger partial charge in [-0.05, 0) is 49.2 Å². The average Bonchev–Trinajstić information content (AvgIpc) is 3.75. The molecule has 4 heterocycles. The van der Waals surface area contributed by atoms with Gasteiger partial charge in [-0.3, -0.25) is 0 Å². The van der Waals surface area contributed by atoms with Gasteiger partial charge in [0.15, 0.2) is 23.1 Å². The standard InChI is InChI=1S/C45H28N4O2S/c1-3-13-27(14-4-1)43-46-44(28-15-5-2-6-16-28)48-45(47-43)32-20-11-18-30-31-19-12-22-35(42(31)51-41(30)32)49-34-21-8-7-17-29(34)33-25-38-40(26-36(33)49)52-39-24-10-9-23-37(39)50-38/h1-10,12-19,21-26H,11,20H2. The lowest BCUT2D eigenvalue weighted by Crippen LogP contribution is -2.27. The molecule has 7 heteroatoms. The molecule has 246 valence electrons. The SMILES string of the molecule is C1=c2c(oc3c(-n4c5ccccc5c5cc6c(cc54)Sc4ccccc4O6)cccc23)=C(c2nc(-c3ccccc3)nc(-c3ccccc3)n2)CC1. The monoisotopic (exact) mass is 688 g/mol. The van der Waals surface area contributed by atoms with E-state index < -0.39 is 0 Å². The van der Waals surface area contributed by atoms with Crippen LogP contribution in [0.3, 0.4) is 0 Å². The molecule has 6 nitrogen and oxygen atoms in total. The van der Waals surface area contributed by atoms with Crippen LogP contribution in [0.15, 0.2) is 154 Å². The van der Waals surface area contributed by atoms with E-state index in [1.165, 1.54) is 0 Å². The van der Waals surface area contributed by atoms with E-state index in [1.54, 1.807) is 11.8 Å². The molecule has 1 aliphatic heterocycles. The van der Waals surface area contributed by atoms with Crippen molar-refractivity contribution in [3.05, 3.63) is 156 Å². The van der Waals surface area contributed by atoms with Crippen LogP contribution in [0.2, 0.25) is 0 Å². The third kappa shape index (κ3) is 4.56. The van der Waals surface area contributed by atoms with Gasteiger partial charge in [-0.15, -0.1) is 0 Å². The minimum atomic E-state index is 0.642. The van der Waals surface area contributed by atoms with Crippen LogP contribution in [0.5, 0.6) is 11.5 Å². The van der Waals surface area contributed by atoms with Crippen molar-refractivity contribution in [2.45, 2.75) is 22.6 Å². The molecular formula is C45H28N4O2S. The fourth-order valence-corrected chi connectivity index (χ4v) is 8.57. The van der Waals surface area contributed by atoms with E-state index in [0.717, 1.165) is 99.9 Å². The first-order valence-electron chi connectivity index (χ1n) is 17.4. The Morgan fingerprint density at radius 2 is 1.25 bits per heavy atom. The molecule has 0 N–H and O–H groups in total. The summed E-state index contributed by atoms with van der Waals surface area (Å²) in [6, 6.07) is 47.9. The number of aromatic nitrogens is 4. The molecule has 3 aromatic heterocycles. The highest BCUT2D eigenvalue weighted by Gasteiger charge is 2.24. The van der Waals surface area contributed by atoms with Crippen LogP contribution in [0.25, 0.3) is 72.9 Å². The number of rotatable bonds is 4. The average molecular weight is 689 g/mol. The summed E-state index contributed by atoms with van der Waals surface area (Å²) < 4.78 is 15.8. The normalized spacial score (nSPS) is 13.4. The summed E-state index contributed by atoms with van der Waals surface area (Å²) in [4.78, 5) is 17.3. The van der Waals surface area contributed by atoms with Crippen molar-refractivity contribution in [1.82, 2.24) is 19.5 Å². The Kier molecular flexibility index (Phi) is 6.51. The number of hydrogen-bond donors (Lipinski definition) is 0. The quantitative estimate of drug-likeness (QED) is 0.183. The van der Waals surface area contributed by atoms with Crippen molar-refractivity contribution in [2.75, 3.05) is 0 Å². The first kappa shape index (κ1) is 29.3. The van der Waals surface area contributed by atoms with Crippen LogP contribution in [-0.4, -0.2) is 19.5 Å². The summed E-state index contributed by atoms with van der Waals surface area (Å²) in [5.74, 6) is 3.69. The first-order valence-corrected chi connectivity index (χ1v) is 18.2. The zero-order chi connectivity index (χ0) is 34.2. The number of benzene rings is 6. The molecule has 6 aromatic carbocycles. The topological polar surface area (TPSA) is 66.0 Å². The van der Waals surface area contributed by atoms with E-state index in [4.69, 9.17) is 24.1 Å². The lowest BCUT2D eigenvalue weighted by Gasteiger charge is -2.20. The molecule has 11 rings (SSSR count). The Bertz CT molecular complexity index is 2960. The third-order valence-electron chi connectivity index (χ3n) is 9.99. The van der Waals surface area contributed by atoms with Gasteiger partial charge in [0.1, 0.15) is 16.9 Å². The number of fused-ring (bicyclic) bond motifs is 8. The fraction of sp³-hybridized carbons (Fsp3) is 0.0444. The van der Waals surface area contributed by atoms with Gasteiger partial charge in [0.2, 0.25) is 0 Å². The van der Waals surface area contributed by atoms with Gasteiger partial charge in [0.05, 0.1) is 26.5 Å². The summed E-state index contributed by atoms with van der Waals surface area (Å²) >= 11 is 1.74. The minimum absolute atomic E-state index is 0.642. The Labute approximate surface area is 302 Å². The molecule has 0 spiro atoms. The van der Waals surface area contributed by atoms with Crippen molar-refractivity contribution in [2.24, 2.45) is 0 Å². The molecular weight excluding hydrogens is 661 g/mol. The Balaban J connectivity index is 1.15. The minimum Gasteiger partial charge on any atom is -0.455 e. The molecule has 0 amide bonds. The van der Waals surface area contributed by atoms with E-state index in [1.807, 2.05) is 72.8 Å². The van der Waals surface area contributed by atoms with Crippen molar-refractivity contribution < 1.29 is 9.15 Å². The zero-order valence-electron chi connectivity index (χ0n) is 27.8. The summed E-state index contributed by atoms with van der Waals surface area (Å²) in [6.07, 6.45) is 3.91. The molecule has 0 unspecified atom stereocenters. The molecule has 0 fully saturated rings. The molecule has 0 radical (unpaired) electrons. The maximum Gasteiger partial charge on any atom is 0.164 e. The lowest BCUT2D eigenvalue weighted by molar-refractivity contribution is 0.455. The predicted molar refractivity (Wildman–Crippen MR) is 207 cm³/mol. The summed E-state index contributed by atoms with van der Waals surface area (Å²) in [6.45, 7) is 0. The molecule has 2 aliphatic rings. The van der Waals surface area contributed by atoms with Crippen molar-refractivity contribution in [3.63, 3.8) is 0 Å². The second kappa shape index (κ2) is 11.5. The Morgan fingerprint density at radius 3 is 2.06 bits per heavy atom. The number of nitrogens with zero attached hydrogens (tertiary/aromatic N) is 4. The highest BCUT2D eigenvalue weighted by Crippen LogP contribution is 2.49. The second-order valence-electron chi connectivity index (χ2n) is 13.1. The second-order valence-corrected chi connectivity index (χ2v) is 14.2. The molecule has 0 atom stereocenters. The molecule has 9 aromatic rings. The summed E-state index contributed by atoms with van der Waals surface area (Å²) in [7, 11) is 0. The van der Waals surface area contributed by atoms with Gasteiger partial charge >= 0.3 is 0 Å².